The number of rotatable bonds is 3. The van der Waals surface area contributed by atoms with Crippen molar-refractivity contribution in [2.75, 3.05) is 0 Å². The standard InChI is InChI=1S/C14H16N2O/c15-14(6-7-14)5-4-10-8-11-2-1-3-12(17)13(11)16-9-10/h1-3,8-9,17H,4-7,15H2. The number of phenolic OH excluding ortho intramolecular Hbond substituents is 1. The minimum Gasteiger partial charge on any atom is -0.506 e. The Labute approximate surface area is 100 Å². The van der Waals surface area contributed by atoms with Gasteiger partial charge in [-0.2, -0.15) is 0 Å². The van der Waals surface area contributed by atoms with Gasteiger partial charge in [0.05, 0.1) is 0 Å². The molecule has 1 aromatic carbocycles. The number of hydrogen-bond acceptors (Lipinski definition) is 3. The third-order valence-corrected chi connectivity index (χ3v) is 3.55. The number of aryl methyl sites for hydroxylation is 1. The van der Waals surface area contributed by atoms with E-state index >= 15 is 0 Å². The molecule has 0 amide bonds. The number of pyridine rings is 1. The average Bonchev–Trinajstić information content (AvgIpc) is 3.06. The van der Waals surface area contributed by atoms with Crippen molar-refractivity contribution >= 4 is 10.9 Å². The second-order valence-corrected chi connectivity index (χ2v) is 5.05. The fourth-order valence-electron chi connectivity index (χ4n) is 2.13. The quantitative estimate of drug-likeness (QED) is 0.847. The summed E-state index contributed by atoms with van der Waals surface area (Å²) in [7, 11) is 0. The monoisotopic (exact) mass is 228 g/mol. The van der Waals surface area contributed by atoms with Gasteiger partial charge in [0.1, 0.15) is 11.3 Å². The molecule has 0 atom stereocenters. The molecule has 2 aromatic rings. The molecule has 88 valence electrons. The summed E-state index contributed by atoms with van der Waals surface area (Å²) < 4.78 is 0. The highest BCUT2D eigenvalue weighted by atomic mass is 16.3. The Morgan fingerprint density at radius 2 is 2.18 bits per heavy atom. The number of phenols is 1. The minimum absolute atomic E-state index is 0.0911. The Bertz CT molecular complexity index is 561. The Morgan fingerprint density at radius 3 is 2.94 bits per heavy atom. The maximum Gasteiger partial charge on any atom is 0.141 e. The molecule has 1 fully saturated rings. The number of nitrogens with two attached hydrogens (primary N) is 1. The first-order valence-electron chi connectivity index (χ1n) is 6.02. The van der Waals surface area contributed by atoms with E-state index < -0.39 is 0 Å². The highest BCUT2D eigenvalue weighted by Crippen LogP contribution is 2.36. The molecule has 3 N–H and O–H groups in total. The van der Waals surface area contributed by atoms with Crippen LogP contribution in [0.5, 0.6) is 5.75 Å². The Kier molecular flexibility index (Phi) is 2.30. The van der Waals surface area contributed by atoms with Crippen LogP contribution in [-0.2, 0) is 6.42 Å². The van der Waals surface area contributed by atoms with Crippen LogP contribution in [-0.4, -0.2) is 15.6 Å². The largest absolute Gasteiger partial charge is 0.506 e. The van der Waals surface area contributed by atoms with Crippen molar-refractivity contribution in [3.05, 3.63) is 36.0 Å². The zero-order valence-electron chi connectivity index (χ0n) is 9.69. The van der Waals surface area contributed by atoms with Gasteiger partial charge in [0.2, 0.25) is 0 Å². The van der Waals surface area contributed by atoms with Gasteiger partial charge in [-0.15, -0.1) is 0 Å². The summed E-state index contributed by atoms with van der Waals surface area (Å²) in [5.41, 5.74) is 8.03. The van der Waals surface area contributed by atoms with Gasteiger partial charge in [0.15, 0.2) is 0 Å². The third kappa shape index (κ3) is 2.11. The molecule has 0 saturated heterocycles. The van der Waals surface area contributed by atoms with Crippen LogP contribution in [0, 0.1) is 0 Å². The maximum atomic E-state index is 9.65. The summed E-state index contributed by atoms with van der Waals surface area (Å²) in [5.74, 6) is 0.242. The minimum atomic E-state index is 0.0911. The predicted molar refractivity (Wildman–Crippen MR) is 67.9 cm³/mol. The van der Waals surface area contributed by atoms with Crippen LogP contribution >= 0.6 is 0 Å². The summed E-state index contributed by atoms with van der Waals surface area (Å²) in [4.78, 5) is 4.31. The van der Waals surface area contributed by atoms with Gasteiger partial charge in [-0.05, 0) is 43.4 Å². The van der Waals surface area contributed by atoms with Gasteiger partial charge < -0.3 is 10.8 Å². The molecular weight excluding hydrogens is 212 g/mol. The van der Waals surface area contributed by atoms with E-state index in [0.29, 0.717) is 5.52 Å². The Morgan fingerprint density at radius 1 is 1.35 bits per heavy atom. The van der Waals surface area contributed by atoms with Crippen LogP contribution < -0.4 is 5.73 Å². The molecular formula is C14H16N2O. The molecule has 3 heteroatoms. The number of benzene rings is 1. The molecule has 1 saturated carbocycles. The van der Waals surface area contributed by atoms with Crippen LogP contribution in [0.15, 0.2) is 30.5 Å². The molecule has 3 nitrogen and oxygen atoms in total. The van der Waals surface area contributed by atoms with E-state index in [2.05, 4.69) is 11.1 Å². The Hall–Kier alpha value is -1.61. The number of nitrogens with zero attached hydrogens (tertiary/aromatic N) is 1. The lowest BCUT2D eigenvalue weighted by Crippen LogP contribution is -2.22. The van der Waals surface area contributed by atoms with Gasteiger partial charge in [-0.25, -0.2) is 0 Å². The third-order valence-electron chi connectivity index (χ3n) is 3.55. The van der Waals surface area contributed by atoms with Gasteiger partial charge in [0, 0.05) is 17.1 Å². The highest BCUT2D eigenvalue weighted by molar-refractivity contribution is 5.84. The van der Waals surface area contributed by atoms with Gasteiger partial charge >= 0.3 is 0 Å². The molecule has 1 heterocycles. The molecule has 0 spiro atoms. The lowest BCUT2D eigenvalue weighted by molar-refractivity contribution is 0.480. The molecule has 1 aliphatic rings. The summed E-state index contributed by atoms with van der Waals surface area (Å²) in [6.45, 7) is 0. The van der Waals surface area contributed by atoms with Crippen LogP contribution in [0.2, 0.25) is 0 Å². The number of para-hydroxylation sites is 1. The fourth-order valence-corrected chi connectivity index (χ4v) is 2.13. The van der Waals surface area contributed by atoms with Crippen molar-refractivity contribution in [3.63, 3.8) is 0 Å². The van der Waals surface area contributed by atoms with Crippen molar-refractivity contribution in [3.8, 4) is 5.75 Å². The van der Waals surface area contributed by atoms with Crippen molar-refractivity contribution in [2.45, 2.75) is 31.2 Å². The number of hydrogen-bond donors (Lipinski definition) is 2. The lowest BCUT2D eigenvalue weighted by Gasteiger charge is -2.08. The smallest absolute Gasteiger partial charge is 0.141 e. The fraction of sp³-hybridized carbons (Fsp3) is 0.357. The predicted octanol–water partition coefficient (Wildman–Crippen LogP) is 2.36. The van der Waals surface area contributed by atoms with E-state index in [0.717, 1.165) is 31.1 Å². The summed E-state index contributed by atoms with van der Waals surface area (Å²) in [5, 5.41) is 10.6. The first-order chi connectivity index (χ1) is 8.16. The van der Waals surface area contributed by atoms with E-state index in [1.54, 1.807) is 6.07 Å². The van der Waals surface area contributed by atoms with Crippen LogP contribution in [0.25, 0.3) is 10.9 Å². The highest BCUT2D eigenvalue weighted by Gasteiger charge is 2.37. The molecule has 17 heavy (non-hydrogen) atoms. The normalized spacial score (nSPS) is 17.2. The maximum absolute atomic E-state index is 9.65. The molecule has 1 aliphatic carbocycles. The molecule has 0 unspecified atom stereocenters. The SMILES string of the molecule is NC1(CCc2cnc3c(O)cccc3c2)CC1. The zero-order valence-corrected chi connectivity index (χ0v) is 9.69. The molecule has 1 aromatic heterocycles. The summed E-state index contributed by atoms with van der Waals surface area (Å²) in [6.07, 6.45) is 6.13. The van der Waals surface area contributed by atoms with Crippen molar-refractivity contribution in [2.24, 2.45) is 5.73 Å². The van der Waals surface area contributed by atoms with E-state index in [9.17, 15) is 5.11 Å². The Balaban J connectivity index is 1.86. The zero-order chi connectivity index (χ0) is 11.9. The molecule has 0 bridgehead atoms. The van der Waals surface area contributed by atoms with E-state index in [-0.39, 0.29) is 11.3 Å². The van der Waals surface area contributed by atoms with Gasteiger partial charge in [-0.1, -0.05) is 12.1 Å². The van der Waals surface area contributed by atoms with E-state index in [4.69, 9.17) is 5.73 Å². The molecule has 0 radical (unpaired) electrons. The average molecular weight is 228 g/mol. The second-order valence-electron chi connectivity index (χ2n) is 5.05. The second kappa shape index (κ2) is 3.70. The van der Waals surface area contributed by atoms with E-state index in [1.807, 2.05) is 18.3 Å². The number of fused-ring (bicyclic) bond motifs is 1. The first-order valence-corrected chi connectivity index (χ1v) is 6.02. The van der Waals surface area contributed by atoms with Crippen molar-refractivity contribution in [1.82, 2.24) is 4.98 Å². The van der Waals surface area contributed by atoms with Crippen LogP contribution in [0.4, 0.5) is 0 Å². The summed E-state index contributed by atoms with van der Waals surface area (Å²) >= 11 is 0. The van der Waals surface area contributed by atoms with Crippen LogP contribution in [0.1, 0.15) is 24.8 Å². The van der Waals surface area contributed by atoms with Crippen molar-refractivity contribution in [1.29, 1.82) is 0 Å². The number of aromatic nitrogens is 1. The topological polar surface area (TPSA) is 59.1 Å². The molecule has 0 aliphatic heterocycles. The summed E-state index contributed by atoms with van der Waals surface area (Å²) in [6, 6.07) is 7.57. The number of aromatic hydroxyl groups is 1. The van der Waals surface area contributed by atoms with Crippen molar-refractivity contribution < 1.29 is 5.11 Å². The van der Waals surface area contributed by atoms with E-state index in [1.165, 1.54) is 5.56 Å². The first kappa shape index (κ1) is 10.5. The van der Waals surface area contributed by atoms with Crippen LogP contribution in [0.3, 0.4) is 0 Å². The van der Waals surface area contributed by atoms with Gasteiger partial charge in [0.25, 0.3) is 0 Å². The molecule has 3 rings (SSSR count). The lowest BCUT2D eigenvalue weighted by atomic mass is 10.0. The van der Waals surface area contributed by atoms with Gasteiger partial charge in [-0.3, -0.25) is 4.98 Å².